The number of methoxy groups -OCH3 is 1. The molecule has 14 heavy (non-hydrogen) atoms. The molecule has 0 unspecified atom stereocenters. The molecule has 0 aliphatic carbocycles. The molecule has 6 heteroatoms. The Hall–Kier alpha value is -1.03. The summed E-state index contributed by atoms with van der Waals surface area (Å²) >= 11 is 0. The maximum Gasteiger partial charge on any atom is 0.330 e. The fourth-order valence-corrected chi connectivity index (χ4v) is 1.78. The van der Waals surface area contributed by atoms with Gasteiger partial charge < -0.3 is 19.6 Å². The molecule has 0 bridgehead atoms. The van der Waals surface area contributed by atoms with Crippen LogP contribution in [0.1, 0.15) is 5.56 Å². The van der Waals surface area contributed by atoms with Gasteiger partial charge in [0.15, 0.2) is 11.5 Å². The number of hydrogen-bond acceptors (Lipinski definition) is 3. The molecule has 5 nitrogen and oxygen atoms in total. The summed E-state index contributed by atoms with van der Waals surface area (Å²) in [6.45, 7) is 0. The van der Waals surface area contributed by atoms with Crippen molar-refractivity contribution in [2.24, 2.45) is 0 Å². The van der Waals surface area contributed by atoms with Gasteiger partial charge in [0.25, 0.3) is 0 Å². The van der Waals surface area contributed by atoms with Gasteiger partial charge >= 0.3 is 7.60 Å². The highest BCUT2D eigenvalue weighted by atomic mass is 31.2. The summed E-state index contributed by atoms with van der Waals surface area (Å²) in [6.07, 6.45) is -0.490. The lowest BCUT2D eigenvalue weighted by Gasteiger charge is -2.09. The van der Waals surface area contributed by atoms with Crippen LogP contribution in [0.3, 0.4) is 0 Å². The van der Waals surface area contributed by atoms with Gasteiger partial charge in [0.2, 0.25) is 0 Å². The highest BCUT2D eigenvalue weighted by Gasteiger charge is 2.18. The van der Waals surface area contributed by atoms with Crippen molar-refractivity contribution in [3.63, 3.8) is 0 Å². The fraction of sp³-hybridized carbons (Fsp3) is 0.250. The third kappa shape index (κ3) is 2.73. The monoisotopic (exact) mass is 218 g/mol. The molecule has 0 saturated heterocycles. The molecule has 1 aromatic rings. The van der Waals surface area contributed by atoms with Crippen LogP contribution < -0.4 is 4.74 Å². The zero-order valence-corrected chi connectivity index (χ0v) is 8.44. The lowest BCUT2D eigenvalue weighted by Crippen LogP contribution is -1.90. The van der Waals surface area contributed by atoms with Crippen LogP contribution in [-0.2, 0) is 10.7 Å². The summed E-state index contributed by atoms with van der Waals surface area (Å²) in [5, 5.41) is 9.48. The van der Waals surface area contributed by atoms with Crippen LogP contribution in [0.25, 0.3) is 0 Å². The number of aromatic hydroxyl groups is 1. The average molecular weight is 218 g/mol. The van der Waals surface area contributed by atoms with E-state index in [0.717, 1.165) is 0 Å². The molecule has 0 amide bonds. The van der Waals surface area contributed by atoms with Crippen molar-refractivity contribution < 1.29 is 24.2 Å². The number of benzene rings is 1. The number of para-hydroxylation sites is 1. The van der Waals surface area contributed by atoms with Crippen LogP contribution in [0, 0.1) is 0 Å². The van der Waals surface area contributed by atoms with Crippen molar-refractivity contribution in [1.29, 1.82) is 0 Å². The predicted octanol–water partition coefficient (Wildman–Crippen LogP) is 1.08. The molecular formula is C8H11O5P. The molecule has 0 aromatic heterocycles. The second kappa shape index (κ2) is 4.00. The minimum atomic E-state index is -4.16. The second-order valence-electron chi connectivity index (χ2n) is 2.79. The summed E-state index contributed by atoms with van der Waals surface area (Å²) in [5.41, 5.74) is 0.178. The molecule has 0 heterocycles. The van der Waals surface area contributed by atoms with Gasteiger partial charge in [-0.2, -0.15) is 0 Å². The largest absolute Gasteiger partial charge is 0.504 e. The normalized spacial score (nSPS) is 11.4. The summed E-state index contributed by atoms with van der Waals surface area (Å²) in [7, 11) is -2.79. The van der Waals surface area contributed by atoms with Crippen LogP contribution in [0.4, 0.5) is 0 Å². The number of phenols is 1. The van der Waals surface area contributed by atoms with E-state index in [2.05, 4.69) is 0 Å². The minimum absolute atomic E-state index is 0.178. The maximum absolute atomic E-state index is 10.7. The van der Waals surface area contributed by atoms with Gasteiger partial charge in [0, 0.05) is 5.56 Å². The van der Waals surface area contributed by atoms with Crippen molar-refractivity contribution in [2.75, 3.05) is 7.11 Å². The van der Waals surface area contributed by atoms with Gasteiger partial charge in [-0.25, -0.2) is 0 Å². The van der Waals surface area contributed by atoms with E-state index in [4.69, 9.17) is 14.5 Å². The zero-order valence-electron chi connectivity index (χ0n) is 7.54. The van der Waals surface area contributed by atoms with E-state index in [1.165, 1.54) is 19.2 Å². The first-order valence-electron chi connectivity index (χ1n) is 3.83. The SMILES string of the molecule is COc1cccc(CP(=O)(O)O)c1O. The van der Waals surface area contributed by atoms with E-state index in [-0.39, 0.29) is 17.1 Å². The van der Waals surface area contributed by atoms with Crippen molar-refractivity contribution in [2.45, 2.75) is 6.16 Å². The Morgan fingerprint density at radius 3 is 2.57 bits per heavy atom. The zero-order chi connectivity index (χ0) is 10.8. The Balaban J connectivity index is 3.04. The molecule has 0 fully saturated rings. The summed E-state index contributed by atoms with van der Waals surface area (Å²) in [6, 6.07) is 4.51. The number of hydrogen-bond donors (Lipinski definition) is 3. The van der Waals surface area contributed by atoms with Gasteiger partial charge in [-0.1, -0.05) is 12.1 Å². The van der Waals surface area contributed by atoms with Crippen molar-refractivity contribution >= 4 is 7.60 Å². The Morgan fingerprint density at radius 1 is 1.43 bits per heavy atom. The Morgan fingerprint density at radius 2 is 2.07 bits per heavy atom. The molecule has 0 spiro atoms. The lowest BCUT2D eigenvalue weighted by atomic mass is 10.2. The summed E-state index contributed by atoms with van der Waals surface area (Å²) in [4.78, 5) is 17.4. The molecule has 3 N–H and O–H groups in total. The molecule has 1 rings (SSSR count). The third-order valence-corrected chi connectivity index (χ3v) is 2.43. The first kappa shape index (κ1) is 11.0. The van der Waals surface area contributed by atoms with E-state index in [9.17, 15) is 9.67 Å². The van der Waals surface area contributed by atoms with Gasteiger partial charge in [0.1, 0.15) is 0 Å². The first-order valence-corrected chi connectivity index (χ1v) is 5.63. The number of ether oxygens (including phenoxy) is 1. The molecule has 0 radical (unpaired) electrons. The molecule has 0 aliphatic heterocycles. The Labute approximate surface area is 81.1 Å². The lowest BCUT2D eigenvalue weighted by molar-refractivity contribution is 0.362. The van der Waals surface area contributed by atoms with Crippen molar-refractivity contribution in [3.8, 4) is 11.5 Å². The average Bonchev–Trinajstić information content (AvgIpc) is 2.06. The van der Waals surface area contributed by atoms with Gasteiger partial charge in [-0.3, -0.25) is 4.57 Å². The van der Waals surface area contributed by atoms with E-state index >= 15 is 0 Å². The molecular weight excluding hydrogens is 207 g/mol. The smallest absolute Gasteiger partial charge is 0.330 e. The Kier molecular flexibility index (Phi) is 3.16. The van der Waals surface area contributed by atoms with Crippen LogP contribution in [0.15, 0.2) is 18.2 Å². The predicted molar refractivity (Wildman–Crippen MR) is 50.4 cm³/mol. The topological polar surface area (TPSA) is 87.0 Å². The van der Waals surface area contributed by atoms with Gasteiger partial charge in [-0.05, 0) is 6.07 Å². The standard InChI is InChI=1S/C8H11O5P/c1-13-7-4-2-3-6(8(7)9)5-14(10,11)12/h2-4,9H,5H2,1H3,(H2,10,11,12). The van der Waals surface area contributed by atoms with E-state index in [0.29, 0.717) is 0 Å². The van der Waals surface area contributed by atoms with Crippen molar-refractivity contribution in [3.05, 3.63) is 23.8 Å². The van der Waals surface area contributed by atoms with Crippen LogP contribution >= 0.6 is 7.60 Å². The molecule has 0 saturated carbocycles. The van der Waals surface area contributed by atoms with E-state index in [1.54, 1.807) is 6.07 Å². The van der Waals surface area contributed by atoms with Gasteiger partial charge in [0.05, 0.1) is 13.3 Å². The summed E-state index contributed by atoms with van der Waals surface area (Å²) in [5.74, 6) is -0.0192. The van der Waals surface area contributed by atoms with E-state index < -0.39 is 13.8 Å². The fourth-order valence-electron chi connectivity index (χ4n) is 1.08. The van der Waals surface area contributed by atoms with Crippen LogP contribution in [-0.4, -0.2) is 22.0 Å². The molecule has 78 valence electrons. The minimum Gasteiger partial charge on any atom is -0.504 e. The quantitative estimate of drug-likeness (QED) is 0.661. The third-order valence-electron chi connectivity index (χ3n) is 1.68. The molecule has 1 aromatic carbocycles. The number of rotatable bonds is 3. The second-order valence-corrected chi connectivity index (χ2v) is 4.44. The highest BCUT2D eigenvalue weighted by Crippen LogP contribution is 2.43. The molecule has 0 atom stereocenters. The molecule has 0 aliphatic rings. The van der Waals surface area contributed by atoms with Crippen LogP contribution in [0.2, 0.25) is 0 Å². The van der Waals surface area contributed by atoms with Crippen molar-refractivity contribution in [1.82, 2.24) is 0 Å². The van der Waals surface area contributed by atoms with Crippen LogP contribution in [0.5, 0.6) is 11.5 Å². The number of phenolic OH excluding ortho intramolecular Hbond substituents is 1. The van der Waals surface area contributed by atoms with Gasteiger partial charge in [-0.15, -0.1) is 0 Å². The Bertz CT molecular complexity index is 370. The maximum atomic E-state index is 10.7. The highest BCUT2D eigenvalue weighted by molar-refractivity contribution is 7.50. The first-order chi connectivity index (χ1) is 6.44. The van der Waals surface area contributed by atoms with E-state index in [1.807, 2.05) is 0 Å². The summed E-state index contributed by atoms with van der Waals surface area (Å²) < 4.78 is 15.5.